The number of anilines is 1. The average molecular weight is 344 g/mol. The third-order valence-corrected chi connectivity index (χ3v) is 5.01. The summed E-state index contributed by atoms with van der Waals surface area (Å²) in [5, 5.41) is 19.1. The quantitative estimate of drug-likeness (QED) is 0.784. The van der Waals surface area contributed by atoms with Crippen LogP contribution in [0, 0.1) is 5.92 Å². The number of nitrogens with zero attached hydrogens (tertiary/aromatic N) is 2. The molecule has 0 aliphatic carbocycles. The van der Waals surface area contributed by atoms with Gasteiger partial charge in [0, 0.05) is 36.4 Å². The molecular weight excluding hydrogens is 319 g/mol. The van der Waals surface area contributed by atoms with Gasteiger partial charge in [-0.2, -0.15) is 0 Å². The lowest BCUT2D eigenvalue weighted by atomic mass is 9.78. The van der Waals surface area contributed by atoms with E-state index in [2.05, 4.69) is 9.88 Å². The highest BCUT2D eigenvalue weighted by atomic mass is 16.5. The zero-order valence-electron chi connectivity index (χ0n) is 14.8. The van der Waals surface area contributed by atoms with Crippen LogP contribution in [0.15, 0.2) is 24.4 Å². The minimum absolute atomic E-state index is 0.458. The van der Waals surface area contributed by atoms with Gasteiger partial charge in [-0.15, -0.1) is 0 Å². The summed E-state index contributed by atoms with van der Waals surface area (Å²) in [6.45, 7) is 1.92. The Bertz CT molecular complexity index is 718. The lowest BCUT2D eigenvalue weighted by Crippen LogP contribution is -2.34. The molecule has 2 N–H and O–H groups in total. The van der Waals surface area contributed by atoms with Crippen LogP contribution in [-0.4, -0.2) is 49.5 Å². The molecule has 0 unspecified atom stereocenters. The van der Waals surface area contributed by atoms with Gasteiger partial charge in [0.2, 0.25) is 0 Å². The molecule has 2 heterocycles. The predicted octanol–water partition coefficient (Wildman–Crippen LogP) is 2.33. The lowest BCUT2D eigenvalue weighted by molar-refractivity contribution is 0.355. The third kappa shape index (κ3) is 3.99. The first-order valence-corrected chi connectivity index (χ1v) is 8.74. The van der Waals surface area contributed by atoms with Gasteiger partial charge in [-0.05, 0) is 37.2 Å². The molecule has 25 heavy (non-hydrogen) atoms. The third-order valence-electron chi connectivity index (χ3n) is 5.01. The van der Waals surface area contributed by atoms with Crippen LogP contribution in [0.2, 0.25) is 6.32 Å². The van der Waals surface area contributed by atoms with Crippen LogP contribution in [0.3, 0.4) is 0 Å². The number of pyridine rings is 1. The van der Waals surface area contributed by atoms with Crippen LogP contribution in [0.5, 0.6) is 11.5 Å². The Kier molecular flexibility index (Phi) is 5.65. The number of ether oxygens (including phenoxy) is 2. The van der Waals surface area contributed by atoms with E-state index in [1.165, 1.54) is 0 Å². The van der Waals surface area contributed by atoms with Gasteiger partial charge >= 0.3 is 7.12 Å². The van der Waals surface area contributed by atoms with Crippen molar-refractivity contribution in [1.29, 1.82) is 0 Å². The molecule has 0 spiro atoms. The van der Waals surface area contributed by atoms with E-state index in [0.717, 1.165) is 48.9 Å². The number of methoxy groups -OCH3 is 2. The fraction of sp³-hybridized carbons (Fsp3) is 0.500. The van der Waals surface area contributed by atoms with Crippen LogP contribution >= 0.6 is 0 Å². The van der Waals surface area contributed by atoms with E-state index in [4.69, 9.17) is 19.5 Å². The average Bonchev–Trinajstić information content (AvgIpc) is 2.65. The summed E-state index contributed by atoms with van der Waals surface area (Å²) in [5.41, 5.74) is 2.05. The molecule has 0 saturated carbocycles. The van der Waals surface area contributed by atoms with Crippen molar-refractivity contribution in [3.05, 3.63) is 24.4 Å². The summed E-state index contributed by atoms with van der Waals surface area (Å²) in [7, 11) is 2.08. The standard InChI is InChI=1S/C18H25BN2O4/c1-24-17-11-14-15(12-18(17)25-2)20-8-4-16(14)21-9-5-13(6-10-21)3-7-19(22)23/h4,8,11-13,22-23H,3,5-7,9-10H2,1-2H3. The summed E-state index contributed by atoms with van der Waals surface area (Å²) >= 11 is 0. The van der Waals surface area contributed by atoms with Crippen LogP contribution < -0.4 is 14.4 Å². The number of benzene rings is 1. The summed E-state index contributed by atoms with van der Waals surface area (Å²) in [5.74, 6) is 1.94. The Labute approximate surface area is 148 Å². The number of hydrogen-bond donors (Lipinski definition) is 2. The van der Waals surface area contributed by atoms with Crippen molar-refractivity contribution in [2.24, 2.45) is 5.92 Å². The number of aromatic nitrogens is 1. The van der Waals surface area contributed by atoms with Gasteiger partial charge < -0.3 is 24.4 Å². The lowest BCUT2D eigenvalue weighted by Gasteiger charge is -2.34. The van der Waals surface area contributed by atoms with Gasteiger partial charge in [0.1, 0.15) is 0 Å². The Morgan fingerprint density at radius 1 is 1.16 bits per heavy atom. The first-order chi connectivity index (χ1) is 12.1. The van der Waals surface area contributed by atoms with E-state index in [0.29, 0.717) is 23.7 Å². The van der Waals surface area contributed by atoms with E-state index in [1.807, 2.05) is 24.4 Å². The summed E-state index contributed by atoms with van der Waals surface area (Å²) in [4.78, 5) is 6.84. The molecule has 1 aromatic heterocycles. The maximum atomic E-state index is 9.04. The zero-order valence-corrected chi connectivity index (χ0v) is 14.8. The number of fused-ring (bicyclic) bond motifs is 1. The number of piperidine rings is 1. The highest BCUT2D eigenvalue weighted by molar-refractivity contribution is 6.40. The molecule has 7 heteroatoms. The van der Waals surface area contributed by atoms with Crippen molar-refractivity contribution >= 4 is 23.7 Å². The minimum Gasteiger partial charge on any atom is -0.493 e. The Hall–Kier alpha value is -1.99. The largest absolute Gasteiger partial charge is 0.493 e. The summed E-state index contributed by atoms with van der Waals surface area (Å²) in [6.07, 6.45) is 5.28. The van der Waals surface area contributed by atoms with Crippen molar-refractivity contribution in [1.82, 2.24) is 4.98 Å². The van der Waals surface area contributed by atoms with E-state index in [9.17, 15) is 0 Å². The molecule has 0 amide bonds. The molecule has 1 saturated heterocycles. The van der Waals surface area contributed by atoms with Gasteiger partial charge in [-0.1, -0.05) is 6.42 Å². The summed E-state index contributed by atoms with van der Waals surface area (Å²) < 4.78 is 10.8. The molecule has 3 rings (SSSR count). The van der Waals surface area contributed by atoms with Crippen LogP contribution in [0.1, 0.15) is 19.3 Å². The van der Waals surface area contributed by atoms with Crippen molar-refractivity contribution in [2.45, 2.75) is 25.6 Å². The van der Waals surface area contributed by atoms with Gasteiger partial charge in [-0.3, -0.25) is 4.98 Å². The maximum Gasteiger partial charge on any atom is 0.451 e. The second-order valence-electron chi connectivity index (χ2n) is 6.54. The molecule has 0 bridgehead atoms. The summed E-state index contributed by atoms with van der Waals surface area (Å²) in [6, 6.07) is 5.95. The molecular formula is C18H25BN2O4. The van der Waals surface area contributed by atoms with Gasteiger partial charge in [0.05, 0.1) is 19.7 Å². The smallest absolute Gasteiger partial charge is 0.451 e. The fourth-order valence-corrected chi connectivity index (χ4v) is 3.58. The molecule has 6 nitrogen and oxygen atoms in total. The van der Waals surface area contributed by atoms with Crippen molar-refractivity contribution < 1.29 is 19.5 Å². The van der Waals surface area contributed by atoms with Crippen LogP contribution in [0.25, 0.3) is 10.9 Å². The van der Waals surface area contributed by atoms with Crippen molar-refractivity contribution in [3.63, 3.8) is 0 Å². The first-order valence-electron chi connectivity index (χ1n) is 8.74. The molecule has 1 aromatic carbocycles. The van der Waals surface area contributed by atoms with E-state index < -0.39 is 7.12 Å². The number of hydrogen-bond acceptors (Lipinski definition) is 6. The molecule has 0 radical (unpaired) electrons. The highest BCUT2D eigenvalue weighted by Crippen LogP contribution is 2.37. The topological polar surface area (TPSA) is 75.1 Å². The van der Waals surface area contributed by atoms with Crippen molar-refractivity contribution in [3.8, 4) is 11.5 Å². The van der Waals surface area contributed by atoms with Crippen molar-refractivity contribution in [2.75, 3.05) is 32.2 Å². The Balaban J connectivity index is 1.80. The van der Waals surface area contributed by atoms with E-state index in [-0.39, 0.29) is 0 Å². The monoisotopic (exact) mass is 344 g/mol. The maximum absolute atomic E-state index is 9.04. The molecule has 1 fully saturated rings. The normalized spacial score (nSPS) is 15.4. The zero-order chi connectivity index (χ0) is 17.8. The molecule has 1 aliphatic heterocycles. The molecule has 134 valence electrons. The Morgan fingerprint density at radius 2 is 1.84 bits per heavy atom. The Morgan fingerprint density at radius 3 is 2.48 bits per heavy atom. The van der Waals surface area contributed by atoms with Gasteiger partial charge in [0.15, 0.2) is 11.5 Å². The highest BCUT2D eigenvalue weighted by Gasteiger charge is 2.22. The van der Waals surface area contributed by atoms with Gasteiger partial charge in [0.25, 0.3) is 0 Å². The molecule has 1 aliphatic rings. The molecule has 0 atom stereocenters. The van der Waals surface area contributed by atoms with Gasteiger partial charge in [-0.25, -0.2) is 0 Å². The predicted molar refractivity (Wildman–Crippen MR) is 99.4 cm³/mol. The minimum atomic E-state index is -1.19. The van der Waals surface area contributed by atoms with Crippen LogP contribution in [0.4, 0.5) is 5.69 Å². The molecule has 2 aromatic rings. The first kappa shape index (κ1) is 17.8. The van der Waals surface area contributed by atoms with Crippen LogP contribution in [-0.2, 0) is 0 Å². The SMILES string of the molecule is COc1cc2nccc(N3CCC(CCB(O)O)CC3)c2cc1OC. The second-order valence-corrected chi connectivity index (χ2v) is 6.54. The second kappa shape index (κ2) is 7.93. The van der Waals surface area contributed by atoms with E-state index in [1.54, 1.807) is 14.2 Å². The number of rotatable bonds is 6. The fourth-order valence-electron chi connectivity index (χ4n) is 3.58. The van der Waals surface area contributed by atoms with E-state index >= 15 is 0 Å².